The molecule has 0 aliphatic carbocycles. The standard InChI is InChI=1S/C11H11BrN2O2/c1-14(7-11(15)16-2)10-5-9(12)4-3-8(10)6-13/h3-5H,7H2,1-2H3. The average Bonchev–Trinajstić information content (AvgIpc) is 2.28. The SMILES string of the molecule is COC(=O)CN(C)c1cc(Br)ccc1C#N. The first-order chi connectivity index (χ1) is 7.58. The first-order valence-corrected chi connectivity index (χ1v) is 5.35. The van der Waals surface area contributed by atoms with Gasteiger partial charge in [-0.3, -0.25) is 4.79 Å². The van der Waals surface area contributed by atoms with Crippen molar-refractivity contribution >= 4 is 27.6 Å². The molecular weight excluding hydrogens is 272 g/mol. The number of ether oxygens (including phenoxy) is 1. The number of halogens is 1. The molecule has 0 spiro atoms. The number of carbonyl (C=O) groups is 1. The molecule has 0 amide bonds. The van der Waals surface area contributed by atoms with Crippen LogP contribution in [-0.2, 0) is 9.53 Å². The highest BCUT2D eigenvalue weighted by atomic mass is 79.9. The largest absolute Gasteiger partial charge is 0.468 e. The Labute approximate surface area is 103 Å². The molecule has 0 aromatic heterocycles. The van der Waals surface area contributed by atoms with Gasteiger partial charge < -0.3 is 9.64 Å². The third kappa shape index (κ3) is 2.97. The second kappa shape index (κ2) is 5.52. The lowest BCUT2D eigenvalue weighted by Crippen LogP contribution is -2.27. The molecule has 0 atom stereocenters. The minimum absolute atomic E-state index is 0.113. The summed E-state index contributed by atoms with van der Waals surface area (Å²) in [5, 5.41) is 8.94. The number of nitrogens with zero attached hydrogens (tertiary/aromatic N) is 2. The van der Waals surface area contributed by atoms with Crippen molar-refractivity contribution in [3.05, 3.63) is 28.2 Å². The number of likely N-dealkylation sites (N-methyl/N-ethyl adjacent to an activating group) is 1. The Morgan fingerprint density at radius 3 is 2.88 bits per heavy atom. The Balaban J connectivity index is 2.98. The highest BCUT2D eigenvalue weighted by molar-refractivity contribution is 9.10. The van der Waals surface area contributed by atoms with Gasteiger partial charge in [0.05, 0.1) is 18.4 Å². The van der Waals surface area contributed by atoms with Gasteiger partial charge in [0.25, 0.3) is 0 Å². The zero-order valence-corrected chi connectivity index (χ0v) is 10.6. The lowest BCUT2D eigenvalue weighted by molar-refractivity contribution is -0.138. The summed E-state index contributed by atoms with van der Waals surface area (Å²) in [5.41, 5.74) is 1.22. The van der Waals surface area contributed by atoms with Crippen molar-refractivity contribution in [3.8, 4) is 6.07 Å². The van der Waals surface area contributed by atoms with E-state index in [2.05, 4.69) is 26.7 Å². The first kappa shape index (κ1) is 12.5. The van der Waals surface area contributed by atoms with Gasteiger partial charge in [-0.05, 0) is 18.2 Å². The number of esters is 1. The second-order valence-corrected chi connectivity index (χ2v) is 4.12. The number of carbonyl (C=O) groups excluding carboxylic acids is 1. The summed E-state index contributed by atoms with van der Waals surface area (Å²) < 4.78 is 5.43. The predicted octanol–water partition coefficient (Wildman–Crippen LogP) is 1.93. The molecule has 0 aliphatic heterocycles. The second-order valence-electron chi connectivity index (χ2n) is 3.21. The first-order valence-electron chi connectivity index (χ1n) is 4.56. The third-order valence-electron chi connectivity index (χ3n) is 2.09. The number of rotatable bonds is 3. The molecule has 0 heterocycles. The van der Waals surface area contributed by atoms with E-state index >= 15 is 0 Å². The minimum atomic E-state index is -0.341. The van der Waals surface area contributed by atoms with Crippen molar-refractivity contribution in [2.24, 2.45) is 0 Å². The zero-order valence-electron chi connectivity index (χ0n) is 9.03. The van der Waals surface area contributed by atoms with Gasteiger partial charge in [0.15, 0.2) is 0 Å². The Kier molecular flexibility index (Phi) is 4.32. The molecule has 1 aromatic carbocycles. The smallest absolute Gasteiger partial charge is 0.325 e. The van der Waals surface area contributed by atoms with Crippen LogP contribution in [0.5, 0.6) is 0 Å². The van der Waals surface area contributed by atoms with E-state index in [9.17, 15) is 4.79 Å². The van der Waals surface area contributed by atoms with Crippen LogP contribution in [0, 0.1) is 11.3 Å². The monoisotopic (exact) mass is 282 g/mol. The molecule has 0 unspecified atom stereocenters. The Morgan fingerprint density at radius 2 is 2.31 bits per heavy atom. The molecule has 0 bridgehead atoms. The molecule has 0 saturated heterocycles. The van der Waals surface area contributed by atoms with E-state index in [-0.39, 0.29) is 12.5 Å². The molecule has 0 fully saturated rings. The quantitative estimate of drug-likeness (QED) is 0.795. The average molecular weight is 283 g/mol. The van der Waals surface area contributed by atoms with Crippen molar-refractivity contribution in [1.82, 2.24) is 0 Å². The summed E-state index contributed by atoms with van der Waals surface area (Å²) >= 11 is 3.32. The van der Waals surface area contributed by atoms with Crippen LogP contribution in [-0.4, -0.2) is 26.7 Å². The maximum Gasteiger partial charge on any atom is 0.325 e. The van der Waals surface area contributed by atoms with Crippen molar-refractivity contribution in [2.75, 3.05) is 25.6 Å². The van der Waals surface area contributed by atoms with Crippen LogP contribution in [0.1, 0.15) is 5.56 Å². The van der Waals surface area contributed by atoms with E-state index in [1.165, 1.54) is 7.11 Å². The van der Waals surface area contributed by atoms with Crippen LogP contribution in [0.25, 0.3) is 0 Å². The molecule has 0 aliphatic rings. The molecule has 0 saturated carbocycles. The maximum absolute atomic E-state index is 11.1. The van der Waals surface area contributed by atoms with Crippen molar-refractivity contribution in [1.29, 1.82) is 5.26 Å². The topological polar surface area (TPSA) is 53.3 Å². The fourth-order valence-corrected chi connectivity index (χ4v) is 1.61. The fourth-order valence-electron chi connectivity index (χ4n) is 1.26. The van der Waals surface area contributed by atoms with Crippen LogP contribution in [0.15, 0.2) is 22.7 Å². The number of nitriles is 1. The lowest BCUT2D eigenvalue weighted by Gasteiger charge is -2.19. The predicted molar refractivity (Wildman–Crippen MR) is 64.1 cm³/mol. The van der Waals surface area contributed by atoms with Gasteiger partial charge in [0.1, 0.15) is 12.6 Å². The Bertz CT molecular complexity index is 440. The molecule has 5 heteroatoms. The van der Waals surface area contributed by atoms with E-state index in [4.69, 9.17) is 5.26 Å². The number of hydrogen-bond donors (Lipinski definition) is 0. The molecule has 1 rings (SSSR count). The molecule has 1 aromatic rings. The third-order valence-corrected chi connectivity index (χ3v) is 2.58. The van der Waals surface area contributed by atoms with Gasteiger partial charge in [-0.25, -0.2) is 0 Å². The summed E-state index contributed by atoms with van der Waals surface area (Å²) in [4.78, 5) is 12.8. The van der Waals surface area contributed by atoms with Crippen LogP contribution in [0.2, 0.25) is 0 Å². The maximum atomic E-state index is 11.1. The van der Waals surface area contributed by atoms with Crippen molar-refractivity contribution in [2.45, 2.75) is 0 Å². The number of methoxy groups -OCH3 is 1. The molecule has 84 valence electrons. The van der Waals surface area contributed by atoms with Gasteiger partial charge >= 0.3 is 5.97 Å². The zero-order chi connectivity index (χ0) is 12.1. The van der Waals surface area contributed by atoms with Gasteiger partial charge in [0, 0.05) is 11.5 Å². The summed E-state index contributed by atoms with van der Waals surface area (Å²) in [6.45, 7) is 0.113. The normalized spacial score (nSPS) is 9.38. The van der Waals surface area contributed by atoms with E-state index in [1.807, 2.05) is 0 Å². The summed E-state index contributed by atoms with van der Waals surface area (Å²) in [6.07, 6.45) is 0. The highest BCUT2D eigenvalue weighted by Crippen LogP contribution is 2.23. The van der Waals surface area contributed by atoms with Crippen molar-refractivity contribution < 1.29 is 9.53 Å². The van der Waals surface area contributed by atoms with E-state index in [0.717, 1.165) is 4.47 Å². The highest BCUT2D eigenvalue weighted by Gasteiger charge is 2.11. The van der Waals surface area contributed by atoms with Crippen LogP contribution in [0.3, 0.4) is 0 Å². The molecule has 0 N–H and O–H groups in total. The lowest BCUT2D eigenvalue weighted by atomic mass is 10.2. The molecule has 4 nitrogen and oxygen atoms in total. The Morgan fingerprint density at radius 1 is 1.62 bits per heavy atom. The summed E-state index contributed by atoms with van der Waals surface area (Å²) in [6, 6.07) is 7.36. The van der Waals surface area contributed by atoms with Gasteiger partial charge in [0.2, 0.25) is 0 Å². The van der Waals surface area contributed by atoms with Gasteiger partial charge in [-0.15, -0.1) is 0 Å². The number of anilines is 1. The summed E-state index contributed by atoms with van der Waals surface area (Å²) in [5.74, 6) is -0.341. The summed E-state index contributed by atoms with van der Waals surface area (Å²) in [7, 11) is 3.07. The minimum Gasteiger partial charge on any atom is -0.468 e. The van der Waals surface area contributed by atoms with Crippen LogP contribution >= 0.6 is 15.9 Å². The molecule has 0 radical (unpaired) electrons. The number of benzene rings is 1. The Hall–Kier alpha value is -1.54. The van der Waals surface area contributed by atoms with E-state index in [0.29, 0.717) is 11.3 Å². The fraction of sp³-hybridized carbons (Fsp3) is 0.273. The number of hydrogen-bond acceptors (Lipinski definition) is 4. The van der Waals surface area contributed by atoms with Crippen molar-refractivity contribution in [3.63, 3.8) is 0 Å². The van der Waals surface area contributed by atoms with Crippen LogP contribution in [0.4, 0.5) is 5.69 Å². The van der Waals surface area contributed by atoms with Gasteiger partial charge in [-0.2, -0.15) is 5.26 Å². The van der Waals surface area contributed by atoms with Crippen LogP contribution < -0.4 is 4.90 Å². The van der Waals surface area contributed by atoms with E-state index in [1.54, 1.807) is 30.1 Å². The molecule has 16 heavy (non-hydrogen) atoms. The molecular formula is C11H11BrN2O2. The van der Waals surface area contributed by atoms with Gasteiger partial charge in [-0.1, -0.05) is 15.9 Å². The van der Waals surface area contributed by atoms with E-state index < -0.39 is 0 Å².